The fourth-order valence-corrected chi connectivity index (χ4v) is 7.03. The number of nitrogens with one attached hydrogen (secondary N) is 1. The van der Waals surface area contributed by atoms with Crippen molar-refractivity contribution in [1.29, 1.82) is 0 Å². The number of aryl methyl sites for hydroxylation is 1. The van der Waals surface area contributed by atoms with Crippen LogP contribution in [0.4, 0.5) is 26.3 Å². The van der Waals surface area contributed by atoms with Gasteiger partial charge in [0.25, 0.3) is 5.60 Å². The Morgan fingerprint density at radius 1 is 0.974 bits per heavy atom. The summed E-state index contributed by atoms with van der Waals surface area (Å²) in [5, 5.41) is 3.08. The lowest BCUT2D eigenvalue weighted by atomic mass is 9.55. The van der Waals surface area contributed by atoms with Gasteiger partial charge in [0.2, 0.25) is 0 Å². The van der Waals surface area contributed by atoms with Crippen molar-refractivity contribution in [2.75, 3.05) is 33.4 Å². The third-order valence-electron chi connectivity index (χ3n) is 9.31. The number of fused-ring (bicyclic) bond motifs is 5. The molecule has 0 aliphatic heterocycles. The summed E-state index contributed by atoms with van der Waals surface area (Å²) >= 11 is 0. The maximum Gasteiger partial charge on any atom is 0.426 e. The van der Waals surface area contributed by atoms with Crippen molar-refractivity contribution >= 4 is 0 Å². The molecule has 3 aliphatic carbocycles. The van der Waals surface area contributed by atoms with Crippen LogP contribution in [0.25, 0.3) is 0 Å². The van der Waals surface area contributed by atoms with Crippen molar-refractivity contribution in [2.45, 2.75) is 88.8 Å². The van der Waals surface area contributed by atoms with E-state index in [2.05, 4.69) is 35.2 Å². The summed E-state index contributed by atoms with van der Waals surface area (Å²) in [7, 11) is 1.89. The first-order valence-electron chi connectivity index (χ1n) is 13.6. The molecule has 4 rings (SSSR count). The first kappa shape index (κ1) is 29.5. The summed E-state index contributed by atoms with van der Waals surface area (Å²) in [6, 6.07) is 6.47. The van der Waals surface area contributed by atoms with Crippen molar-refractivity contribution in [3.8, 4) is 5.75 Å². The van der Waals surface area contributed by atoms with E-state index in [-0.39, 0.29) is 31.5 Å². The summed E-state index contributed by atoms with van der Waals surface area (Å²) in [4.78, 5) is 0. The Hall–Kier alpha value is -1.52. The standard InChI is InChI=1S/C28H39F6NO3/c1-25-12-11-21-20-8-6-19(36-16-13-35-3)17-18(20)5-7-22(21)23(25)9-10-24(25)37-14-4-15-38-26(2,27(29,30)31)28(32,33)34/h6,8,17,21-24,35H,4-5,7,9-16H2,1-3H3. The Balaban J connectivity index is 1.32. The van der Waals surface area contributed by atoms with E-state index in [1.165, 1.54) is 11.1 Å². The molecule has 38 heavy (non-hydrogen) atoms. The lowest BCUT2D eigenvalue weighted by molar-refractivity contribution is -0.374. The lowest BCUT2D eigenvalue weighted by Crippen LogP contribution is -2.56. The van der Waals surface area contributed by atoms with Gasteiger partial charge in [-0.3, -0.25) is 0 Å². The molecule has 0 aromatic heterocycles. The highest BCUT2D eigenvalue weighted by molar-refractivity contribution is 5.40. The Bertz CT molecular complexity index is 937. The normalized spacial score (nSPS) is 29.5. The second-order valence-electron chi connectivity index (χ2n) is 11.4. The van der Waals surface area contributed by atoms with Crippen LogP contribution in [0.15, 0.2) is 18.2 Å². The van der Waals surface area contributed by atoms with Crippen molar-refractivity contribution in [1.82, 2.24) is 5.32 Å². The number of hydrogen-bond acceptors (Lipinski definition) is 4. The highest BCUT2D eigenvalue weighted by Gasteiger charge is 2.69. The van der Waals surface area contributed by atoms with Gasteiger partial charge in [0, 0.05) is 13.2 Å². The number of benzene rings is 1. The Labute approximate surface area is 220 Å². The average molecular weight is 552 g/mol. The van der Waals surface area contributed by atoms with Gasteiger partial charge in [-0.05, 0) is 105 Å². The SMILES string of the molecule is CNCCOc1ccc2c(c1)CCC1C2CCC2(C)C(OCCCOC(C)(C(F)(F)F)C(F)(F)F)CCC12. The average Bonchev–Trinajstić information content (AvgIpc) is 3.18. The molecule has 1 N–H and O–H groups in total. The number of alkyl halides is 6. The van der Waals surface area contributed by atoms with Crippen LogP contribution in [-0.4, -0.2) is 57.5 Å². The van der Waals surface area contributed by atoms with Gasteiger partial charge < -0.3 is 19.5 Å². The van der Waals surface area contributed by atoms with E-state index in [0.717, 1.165) is 50.8 Å². The molecule has 2 fully saturated rings. The molecule has 0 spiro atoms. The number of hydrogen-bond donors (Lipinski definition) is 1. The monoisotopic (exact) mass is 551 g/mol. The highest BCUT2D eigenvalue weighted by Crippen LogP contribution is 2.61. The van der Waals surface area contributed by atoms with E-state index in [9.17, 15) is 26.3 Å². The predicted molar refractivity (Wildman–Crippen MR) is 131 cm³/mol. The van der Waals surface area contributed by atoms with Gasteiger partial charge in [-0.25, -0.2) is 0 Å². The van der Waals surface area contributed by atoms with Crippen LogP contribution in [0.5, 0.6) is 5.75 Å². The van der Waals surface area contributed by atoms with Crippen LogP contribution >= 0.6 is 0 Å². The lowest BCUT2D eigenvalue weighted by Gasteiger charge is -2.50. The van der Waals surface area contributed by atoms with Crippen molar-refractivity contribution < 1.29 is 40.6 Å². The first-order chi connectivity index (χ1) is 17.8. The third-order valence-corrected chi connectivity index (χ3v) is 9.31. The maximum absolute atomic E-state index is 13.0. The summed E-state index contributed by atoms with van der Waals surface area (Å²) in [6.45, 7) is 3.10. The molecule has 5 unspecified atom stereocenters. The fraction of sp³-hybridized carbons (Fsp3) is 0.786. The van der Waals surface area contributed by atoms with E-state index in [1.54, 1.807) is 0 Å². The zero-order valence-corrected chi connectivity index (χ0v) is 22.3. The van der Waals surface area contributed by atoms with E-state index in [4.69, 9.17) is 9.47 Å². The Kier molecular flexibility index (Phi) is 8.65. The highest BCUT2D eigenvalue weighted by atomic mass is 19.4. The molecule has 5 atom stereocenters. The van der Waals surface area contributed by atoms with Gasteiger partial charge >= 0.3 is 12.4 Å². The van der Waals surface area contributed by atoms with Crippen molar-refractivity contribution in [2.24, 2.45) is 17.3 Å². The van der Waals surface area contributed by atoms with Crippen molar-refractivity contribution in [3.63, 3.8) is 0 Å². The second-order valence-corrected chi connectivity index (χ2v) is 11.4. The molecular weight excluding hydrogens is 512 g/mol. The maximum atomic E-state index is 13.0. The summed E-state index contributed by atoms with van der Waals surface area (Å²) < 4.78 is 94.4. The zero-order chi connectivity index (χ0) is 27.8. The van der Waals surface area contributed by atoms with Gasteiger partial charge in [-0.1, -0.05) is 13.0 Å². The minimum Gasteiger partial charge on any atom is -0.492 e. The van der Waals surface area contributed by atoms with Crippen molar-refractivity contribution in [3.05, 3.63) is 29.3 Å². The van der Waals surface area contributed by atoms with Gasteiger partial charge in [-0.2, -0.15) is 26.3 Å². The largest absolute Gasteiger partial charge is 0.492 e. The first-order valence-corrected chi connectivity index (χ1v) is 13.6. The minimum atomic E-state index is -5.55. The smallest absolute Gasteiger partial charge is 0.426 e. The quantitative estimate of drug-likeness (QED) is 0.256. The van der Waals surface area contributed by atoms with Crippen LogP contribution in [0.2, 0.25) is 0 Å². The second kappa shape index (κ2) is 11.2. The van der Waals surface area contributed by atoms with E-state index < -0.39 is 24.6 Å². The molecule has 0 saturated heterocycles. The molecule has 1 aromatic carbocycles. The molecule has 10 heteroatoms. The van der Waals surface area contributed by atoms with E-state index in [0.29, 0.717) is 24.4 Å². The van der Waals surface area contributed by atoms with E-state index >= 15 is 0 Å². The van der Waals surface area contributed by atoms with E-state index in [1.807, 2.05) is 7.05 Å². The molecule has 0 bridgehead atoms. The Morgan fingerprint density at radius 3 is 2.39 bits per heavy atom. The number of rotatable bonds is 10. The van der Waals surface area contributed by atoms with Gasteiger partial charge in [0.05, 0.1) is 12.7 Å². The van der Waals surface area contributed by atoms with Crippen LogP contribution in [-0.2, 0) is 15.9 Å². The Morgan fingerprint density at radius 2 is 1.71 bits per heavy atom. The summed E-state index contributed by atoms with van der Waals surface area (Å²) in [5.41, 5.74) is -1.43. The molecule has 2 saturated carbocycles. The molecule has 216 valence electrons. The van der Waals surface area contributed by atoms with Crippen LogP contribution in [0.3, 0.4) is 0 Å². The molecule has 0 radical (unpaired) electrons. The minimum absolute atomic E-state index is 0.0306. The summed E-state index contributed by atoms with van der Waals surface area (Å²) in [6.07, 6.45) is -5.14. The van der Waals surface area contributed by atoms with Crippen LogP contribution in [0, 0.1) is 17.3 Å². The third kappa shape index (κ3) is 5.55. The number of halogens is 6. The number of ether oxygens (including phenoxy) is 3. The molecule has 4 nitrogen and oxygen atoms in total. The zero-order valence-electron chi connectivity index (χ0n) is 22.3. The molecule has 3 aliphatic rings. The fourth-order valence-electron chi connectivity index (χ4n) is 7.03. The van der Waals surface area contributed by atoms with Crippen LogP contribution in [0.1, 0.15) is 69.4 Å². The predicted octanol–water partition coefficient (Wildman–Crippen LogP) is 6.82. The van der Waals surface area contributed by atoms with Gasteiger partial charge in [-0.15, -0.1) is 0 Å². The van der Waals surface area contributed by atoms with Crippen LogP contribution < -0.4 is 10.1 Å². The van der Waals surface area contributed by atoms with Gasteiger partial charge in [0.1, 0.15) is 12.4 Å². The van der Waals surface area contributed by atoms with Gasteiger partial charge in [0.15, 0.2) is 0 Å². The molecular formula is C28H39F6NO3. The number of likely N-dealkylation sites (N-methyl/N-ethyl adjacent to an activating group) is 1. The molecule has 0 amide bonds. The topological polar surface area (TPSA) is 39.7 Å². The molecule has 1 aromatic rings. The summed E-state index contributed by atoms with van der Waals surface area (Å²) in [5.74, 6) is 2.44. The molecule has 0 heterocycles.